The lowest BCUT2D eigenvalue weighted by atomic mass is 10.2. The number of pyridine rings is 1. The van der Waals surface area contributed by atoms with Crippen molar-refractivity contribution in [2.45, 2.75) is 0 Å². The number of nitrogens with one attached hydrogen (secondary N) is 1. The second-order valence-corrected chi connectivity index (χ2v) is 3.73. The molecule has 0 aliphatic carbocycles. The van der Waals surface area contributed by atoms with E-state index in [4.69, 9.17) is 5.11 Å². The maximum absolute atomic E-state index is 11.9. The highest BCUT2D eigenvalue weighted by atomic mass is 16.4. The minimum Gasteiger partial charge on any atom is -0.478 e. The van der Waals surface area contributed by atoms with Crippen molar-refractivity contribution in [2.24, 2.45) is 0 Å². The number of aromatic nitrogens is 3. The molecule has 2 aromatic rings. The van der Waals surface area contributed by atoms with Gasteiger partial charge in [-0.05, 0) is 29.8 Å². The standard InChI is InChI=1S/C13H10N4O3/c18-12(19)2-1-9-3-5-14-11(7-9)17-13(20)10-4-6-15-16-8-10/h1-8H,(H,18,19)(H,14,17,20)/b2-1+. The molecule has 7 nitrogen and oxygen atoms in total. The average Bonchev–Trinajstić information content (AvgIpc) is 2.46. The summed E-state index contributed by atoms with van der Waals surface area (Å²) in [4.78, 5) is 26.3. The number of anilines is 1. The van der Waals surface area contributed by atoms with Gasteiger partial charge in [0.25, 0.3) is 5.91 Å². The molecule has 0 bridgehead atoms. The first-order valence-electron chi connectivity index (χ1n) is 5.60. The fourth-order valence-corrected chi connectivity index (χ4v) is 1.40. The number of carboxylic acids is 1. The van der Waals surface area contributed by atoms with Gasteiger partial charge in [0.05, 0.1) is 18.0 Å². The molecular formula is C13H10N4O3. The second kappa shape index (κ2) is 6.19. The molecule has 0 fully saturated rings. The Morgan fingerprint density at radius 3 is 2.75 bits per heavy atom. The lowest BCUT2D eigenvalue weighted by Crippen LogP contribution is -2.13. The van der Waals surface area contributed by atoms with Crippen molar-refractivity contribution >= 4 is 23.8 Å². The third kappa shape index (κ3) is 3.70. The molecule has 20 heavy (non-hydrogen) atoms. The van der Waals surface area contributed by atoms with Crippen LogP contribution in [0, 0.1) is 0 Å². The van der Waals surface area contributed by atoms with E-state index < -0.39 is 5.97 Å². The fourth-order valence-electron chi connectivity index (χ4n) is 1.40. The fraction of sp³-hybridized carbons (Fsp3) is 0. The number of hydrogen-bond donors (Lipinski definition) is 2. The molecule has 0 aliphatic heterocycles. The van der Waals surface area contributed by atoms with Crippen LogP contribution < -0.4 is 5.32 Å². The number of hydrogen-bond acceptors (Lipinski definition) is 5. The Labute approximate surface area is 114 Å². The maximum atomic E-state index is 11.9. The second-order valence-electron chi connectivity index (χ2n) is 3.73. The van der Waals surface area contributed by atoms with Crippen LogP contribution in [0.1, 0.15) is 15.9 Å². The van der Waals surface area contributed by atoms with Crippen molar-refractivity contribution in [3.05, 3.63) is 54.0 Å². The summed E-state index contributed by atoms with van der Waals surface area (Å²) >= 11 is 0. The average molecular weight is 270 g/mol. The van der Waals surface area contributed by atoms with E-state index in [2.05, 4.69) is 20.5 Å². The Balaban J connectivity index is 2.12. The van der Waals surface area contributed by atoms with Gasteiger partial charge >= 0.3 is 5.97 Å². The van der Waals surface area contributed by atoms with Crippen molar-refractivity contribution < 1.29 is 14.7 Å². The minimum absolute atomic E-state index is 0.319. The monoisotopic (exact) mass is 270 g/mol. The van der Waals surface area contributed by atoms with Gasteiger partial charge in [-0.1, -0.05) is 0 Å². The molecule has 0 aliphatic rings. The van der Waals surface area contributed by atoms with Crippen LogP contribution in [0.3, 0.4) is 0 Å². The van der Waals surface area contributed by atoms with E-state index in [0.717, 1.165) is 6.08 Å². The van der Waals surface area contributed by atoms with Crippen molar-refractivity contribution in [1.29, 1.82) is 0 Å². The summed E-state index contributed by atoms with van der Waals surface area (Å²) in [6.07, 6.45) is 6.64. The van der Waals surface area contributed by atoms with Gasteiger partial charge in [-0.15, -0.1) is 0 Å². The minimum atomic E-state index is -1.05. The van der Waals surface area contributed by atoms with E-state index in [0.29, 0.717) is 16.9 Å². The van der Waals surface area contributed by atoms with Crippen molar-refractivity contribution in [2.75, 3.05) is 5.32 Å². The van der Waals surface area contributed by atoms with Gasteiger partial charge in [-0.25, -0.2) is 9.78 Å². The predicted molar refractivity (Wildman–Crippen MR) is 70.9 cm³/mol. The molecule has 0 spiro atoms. The van der Waals surface area contributed by atoms with Gasteiger partial charge in [-0.3, -0.25) is 4.79 Å². The first kappa shape index (κ1) is 13.3. The Kier molecular flexibility index (Phi) is 4.13. The molecule has 0 atom stereocenters. The summed E-state index contributed by atoms with van der Waals surface area (Å²) in [5.41, 5.74) is 0.971. The highest BCUT2D eigenvalue weighted by Gasteiger charge is 2.06. The lowest BCUT2D eigenvalue weighted by Gasteiger charge is -2.04. The summed E-state index contributed by atoms with van der Waals surface area (Å²) in [5.74, 6) is -1.10. The van der Waals surface area contributed by atoms with Crippen LogP contribution >= 0.6 is 0 Å². The normalized spacial score (nSPS) is 10.4. The number of rotatable bonds is 4. The van der Waals surface area contributed by atoms with Gasteiger partial charge in [-0.2, -0.15) is 10.2 Å². The van der Waals surface area contributed by atoms with Crippen LogP contribution in [0.15, 0.2) is 42.9 Å². The van der Waals surface area contributed by atoms with Gasteiger partial charge in [0.1, 0.15) is 5.82 Å². The van der Waals surface area contributed by atoms with Gasteiger partial charge in [0.15, 0.2) is 0 Å². The molecular weight excluding hydrogens is 260 g/mol. The van der Waals surface area contributed by atoms with E-state index in [1.54, 1.807) is 12.1 Å². The number of nitrogens with zero attached hydrogens (tertiary/aromatic N) is 3. The van der Waals surface area contributed by atoms with Crippen LogP contribution in [-0.4, -0.2) is 32.2 Å². The summed E-state index contributed by atoms with van der Waals surface area (Å²) in [6, 6.07) is 4.71. The zero-order chi connectivity index (χ0) is 14.4. The smallest absolute Gasteiger partial charge is 0.328 e. The lowest BCUT2D eigenvalue weighted by molar-refractivity contribution is -0.131. The molecule has 2 rings (SSSR count). The largest absolute Gasteiger partial charge is 0.478 e. The number of amides is 1. The Hall–Kier alpha value is -3.09. The molecule has 100 valence electrons. The quantitative estimate of drug-likeness (QED) is 0.809. The molecule has 0 unspecified atom stereocenters. The molecule has 7 heteroatoms. The Morgan fingerprint density at radius 2 is 2.05 bits per heavy atom. The van der Waals surface area contributed by atoms with Gasteiger partial charge in [0.2, 0.25) is 0 Å². The van der Waals surface area contributed by atoms with E-state index in [1.807, 2.05) is 0 Å². The molecule has 0 aromatic carbocycles. The number of carbonyl (C=O) groups excluding carboxylic acids is 1. The van der Waals surface area contributed by atoms with E-state index >= 15 is 0 Å². The maximum Gasteiger partial charge on any atom is 0.328 e. The Bertz CT molecular complexity index is 656. The van der Waals surface area contributed by atoms with Crippen LogP contribution in [0.2, 0.25) is 0 Å². The molecule has 0 saturated carbocycles. The molecule has 2 heterocycles. The number of carbonyl (C=O) groups is 2. The van der Waals surface area contributed by atoms with Crippen molar-refractivity contribution in [3.8, 4) is 0 Å². The Morgan fingerprint density at radius 1 is 1.20 bits per heavy atom. The zero-order valence-electron chi connectivity index (χ0n) is 10.2. The number of aliphatic carboxylic acids is 1. The molecule has 0 saturated heterocycles. The van der Waals surface area contributed by atoms with Crippen LogP contribution in [-0.2, 0) is 4.79 Å². The van der Waals surface area contributed by atoms with Gasteiger partial charge in [0, 0.05) is 12.3 Å². The van der Waals surface area contributed by atoms with Crippen LogP contribution in [0.25, 0.3) is 6.08 Å². The van der Waals surface area contributed by atoms with E-state index in [-0.39, 0.29) is 5.91 Å². The highest BCUT2D eigenvalue weighted by molar-refractivity contribution is 6.03. The van der Waals surface area contributed by atoms with Crippen molar-refractivity contribution in [3.63, 3.8) is 0 Å². The van der Waals surface area contributed by atoms with Crippen LogP contribution in [0.5, 0.6) is 0 Å². The summed E-state index contributed by atoms with van der Waals surface area (Å²) < 4.78 is 0. The van der Waals surface area contributed by atoms with E-state index in [9.17, 15) is 9.59 Å². The topological polar surface area (TPSA) is 105 Å². The zero-order valence-corrected chi connectivity index (χ0v) is 10.2. The summed E-state index contributed by atoms with van der Waals surface area (Å²) in [5, 5.41) is 18.3. The van der Waals surface area contributed by atoms with Crippen LogP contribution in [0.4, 0.5) is 5.82 Å². The van der Waals surface area contributed by atoms with Gasteiger partial charge < -0.3 is 10.4 Å². The molecule has 2 aromatic heterocycles. The third-order valence-corrected chi connectivity index (χ3v) is 2.29. The van der Waals surface area contributed by atoms with Crippen molar-refractivity contribution in [1.82, 2.24) is 15.2 Å². The highest BCUT2D eigenvalue weighted by Crippen LogP contribution is 2.10. The molecule has 0 radical (unpaired) electrons. The van der Waals surface area contributed by atoms with E-state index in [1.165, 1.54) is 30.7 Å². The first-order chi connectivity index (χ1) is 9.65. The molecule has 2 N–H and O–H groups in total. The summed E-state index contributed by atoms with van der Waals surface area (Å²) in [7, 11) is 0. The molecule has 1 amide bonds. The predicted octanol–water partition coefficient (Wildman–Crippen LogP) is 1.22. The SMILES string of the molecule is O=C(O)/C=C/c1ccnc(NC(=O)c2ccnnc2)c1. The first-order valence-corrected chi connectivity index (χ1v) is 5.60. The number of carboxylic acid groups (broad SMARTS) is 1. The third-order valence-electron chi connectivity index (χ3n) is 2.29. The summed E-state index contributed by atoms with van der Waals surface area (Å²) in [6.45, 7) is 0.